The predicted octanol–water partition coefficient (Wildman–Crippen LogP) is 3.99. The maximum absolute atomic E-state index is 13.4. The van der Waals surface area contributed by atoms with E-state index in [2.05, 4.69) is 10.6 Å². The molecule has 8 nitrogen and oxygen atoms in total. The zero-order valence-corrected chi connectivity index (χ0v) is 22.3. The molecule has 0 fully saturated rings. The van der Waals surface area contributed by atoms with Gasteiger partial charge in [-0.05, 0) is 51.8 Å². The number of ether oxygens (including phenoxy) is 3. The Bertz CT molecular complexity index is 1070. The Kier molecular flexibility index (Phi) is 10.9. The molecule has 1 aromatic carbocycles. The Labute approximate surface area is 213 Å². The van der Waals surface area contributed by atoms with Crippen LogP contribution in [0.3, 0.4) is 0 Å². The van der Waals surface area contributed by atoms with Crippen molar-refractivity contribution in [3.05, 3.63) is 63.5 Å². The summed E-state index contributed by atoms with van der Waals surface area (Å²) in [5.41, 5.74) is 3.63. The standard InChI is InChI=1S/C28H38N2O6/c1-8-34-26(31)18(6)15-20-13-11-12-14-21(20)24-23(27(32)35-9-2)19(7)30-22(16-29-17(4)5)25(24)28(33)36-10-3/h11-15,17,24,29-30H,8-10,16H2,1-7H3/b18-15+. The third-order valence-corrected chi connectivity index (χ3v) is 5.60. The van der Waals surface area contributed by atoms with E-state index in [1.807, 2.05) is 38.1 Å². The summed E-state index contributed by atoms with van der Waals surface area (Å²) >= 11 is 0. The summed E-state index contributed by atoms with van der Waals surface area (Å²) in [7, 11) is 0. The fraction of sp³-hybridized carbons (Fsp3) is 0.464. The lowest BCUT2D eigenvalue weighted by Crippen LogP contribution is -2.38. The molecule has 0 amide bonds. The van der Waals surface area contributed by atoms with Gasteiger partial charge in [-0.3, -0.25) is 0 Å². The summed E-state index contributed by atoms with van der Waals surface area (Å²) < 4.78 is 16.0. The van der Waals surface area contributed by atoms with Crippen molar-refractivity contribution in [3.8, 4) is 0 Å². The summed E-state index contributed by atoms with van der Waals surface area (Å²) in [5, 5.41) is 6.59. The quantitative estimate of drug-likeness (QED) is 0.268. The molecule has 8 heteroatoms. The SMILES string of the molecule is CCOC(=O)C1=C(C)NC(CNC(C)C)=C(C(=O)OCC)C1c1ccccc1/C=C(\C)C(=O)OCC. The van der Waals surface area contributed by atoms with E-state index in [-0.39, 0.29) is 25.9 Å². The van der Waals surface area contributed by atoms with Crippen LogP contribution in [0.25, 0.3) is 6.08 Å². The van der Waals surface area contributed by atoms with Crippen molar-refractivity contribution in [1.82, 2.24) is 10.6 Å². The van der Waals surface area contributed by atoms with Crippen LogP contribution >= 0.6 is 0 Å². The number of nitrogens with one attached hydrogen (secondary N) is 2. The molecule has 0 bridgehead atoms. The molecule has 1 aliphatic heterocycles. The molecule has 36 heavy (non-hydrogen) atoms. The molecule has 0 aromatic heterocycles. The number of carbonyl (C=O) groups excluding carboxylic acids is 3. The molecule has 0 aliphatic carbocycles. The topological polar surface area (TPSA) is 103 Å². The van der Waals surface area contributed by atoms with Crippen molar-refractivity contribution in [3.63, 3.8) is 0 Å². The second-order valence-corrected chi connectivity index (χ2v) is 8.64. The fourth-order valence-electron chi connectivity index (χ4n) is 4.02. The zero-order valence-electron chi connectivity index (χ0n) is 22.3. The van der Waals surface area contributed by atoms with Gasteiger partial charge in [-0.2, -0.15) is 0 Å². The van der Waals surface area contributed by atoms with Crippen LogP contribution in [0.5, 0.6) is 0 Å². The molecule has 0 spiro atoms. The van der Waals surface area contributed by atoms with Crippen LogP contribution in [0.2, 0.25) is 0 Å². The normalized spacial score (nSPS) is 16.1. The summed E-state index contributed by atoms with van der Waals surface area (Å²) in [6.07, 6.45) is 1.71. The van der Waals surface area contributed by atoms with E-state index >= 15 is 0 Å². The van der Waals surface area contributed by atoms with Gasteiger partial charge in [0.15, 0.2) is 0 Å². The first-order valence-electron chi connectivity index (χ1n) is 12.4. The fourth-order valence-corrected chi connectivity index (χ4v) is 4.02. The third kappa shape index (κ3) is 7.07. The molecule has 2 N–H and O–H groups in total. The maximum Gasteiger partial charge on any atom is 0.336 e. The van der Waals surface area contributed by atoms with Crippen molar-refractivity contribution in [1.29, 1.82) is 0 Å². The zero-order chi connectivity index (χ0) is 26.8. The van der Waals surface area contributed by atoms with Crippen LogP contribution in [0.1, 0.15) is 65.5 Å². The van der Waals surface area contributed by atoms with E-state index in [9.17, 15) is 14.4 Å². The lowest BCUT2D eigenvalue weighted by atomic mass is 9.78. The number of esters is 3. The highest BCUT2D eigenvalue weighted by molar-refractivity contribution is 6.00. The average Bonchev–Trinajstić information content (AvgIpc) is 2.82. The highest BCUT2D eigenvalue weighted by atomic mass is 16.5. The van der Waals surface area contributed by atoms with Crippen molar-refractivity contribution < 1.29 is 28.6 Å². The second kappa shape index (κ2) is 13.6. The molecule has 0 saturated carbocycles. The summed E-state index contributed by atoms with van der Waals surface area (Å²) in [5.74, 6) is -2.24. The number of hydrogen-bond acceptors (Lipinski definition) is 8. The number of hydrogen-bond donors (Lipinski definition) is 2. The highest BCUT2D eigenvalue weighted by Gasteiger charge is 2.39. The van der Waals surface area contributed by atoms with E-state index in [1.165, 1.54) is 0 Å². The minimum atomic E-state index is -0.768. The average molecular weight is 499 g/mol. The molecule has 1 atom stereocenters. The van der Waals surface area contributed by atoms with E-state index in [4.69, 9.17) is 14.2 Å². The van der Waals surface area contributed by atoms with Gasteiger partial charge < -0.3 is 24.8 Å². The monoisotopic (exact) mass is 498 g/mol. The van der Waals surface area contributed by atoms with Gasteiger partial charge in [-0.25, -0.2) is 14.4 Å². The Morgan fingerprint density at radius 2 is 1.56 bits per heavy atom. The van der Waals surface area contributed by atoms with E-state index in [1.54, 1.807) is 40.7 Å². The molecule has 0 saturated heterocycles. The van der Waals surface area contributed by atoms with Gasteiger partial charge in [0.2, 0.25) is 0 Å². The first kappa shape index (κ1) is 28.8. The van der Waals surface area contributed by atoms with Gasteiger partial charge in [-0.1, -0.05) is 38.1 Å². The van der Waals surface area contributed by atoms with Crippen molar-refractivity contribution in [2.75, 3.05) is 26.4 Å². The lowest BCUT2D eigenvalue weighted by Gasteiger charge is -2.32. The van der Waals surface area contributed by atoms with Gasteiger partial charge in [-0.15, -0.1) is 0 Å². The predicted molar refractivity (Wildman–Crippen MR) is 139 cm³/mol. The molecular formula is C28H38N2O6. The molecule has 1 aliphatic rings. The largest absolute Gasteiger partial charge is 0.463 e. The van der Waals surface area contributed by atoms with Crippen LogP contribution in [0.15, 0.2) is 52.4 Å². The van der Waals surface area contributed by atoms with Crippen LogP contribution in [-0.2, 0) is 28.6 Å². The first-order chi connectivity index (χ1) is 17.2. The van der Waals surface area contributed by atoms with E-state index < -0.39 is 23.8 Å². The molecule has 196 valence electrons. The second-order valence-electron chi connectivity index (χ2n) is 8.64. The van der Waals surface area contributed by atoms with Crippen molar-refractivity contribution in [2.24, 2.45) is 0 Å². The molecule has 0 radical (unpaired) electrons. The van der Waals surface area contributed by atoms with Crippen molar-refractivity contribution in [2.45, 2.75) is 60.4 Å². The minimum absolute atomic E-state index is 0.166. The smallest absolute Gasteiger partial charge is 0.336 e. The molecule has 2 rings (SSSR count). The molecule has 1 heterocycles. The van der Waals surface area contributed by atoms with E-state index in [0.29, 0.717) is 45.8 Å². The third-order valence-electron chi connectivity index (χ3n) is 5.60. The number of carbonyl (C=O) groups is 3. The van der Waals surface area contributed by atoms with Gasteiger partial charge in [0.05, 0.1) is 36.9 Å². The summed E-state index contributed by atoms with van der Waals surface area (Å²) in [6, 6.07) is 7.53. The number of benzene rings is 1. The Morgan fingerprint density at radius 3 is 2.14 bits per heavy atom. The minimum Gasteiger partial charge on any atom is -0.463 e. The number of dihydropyridines is 1. The molecule has 1 aromatic rings. The summed E-state index contributed by atoms with van der Waals surface area (Å²) in [4.78, 5) is 38.9. The highest BCUT2D eigenvalue weighted by Crippen LogP contribution is 2.41. The van der Waals surface area contributed by atoms with Crippen LogP contribution in [-0.4, -0.2) is 50.3 Å². The lowest BCUT2D eigenvalue weighted by molar-refractivity contribution is -0.140. The maximum atomic E-state index is 13.4. The van der Waals surface area contributed by atoms with Gasteiger partial charge in [0.25, 0.3) is 0 Å². The number of allylic oxidation sites excluding steroid dienone is 1. The van der Waals surface area contributed by atoms with Gasteiger partial charge >= 0.3 is 17.9 Å². The van der Waals surface area contributed by atoms with Crippen LogP contribution in [0, 0.1) is 0 Å². The van der Waals surface area contributed by atoms with Gasteiger partial charge in [0, 0.05) is 29.6 Å². The van der Waals surface area contributed by atoms with Gasteiger partial charge in [0.1, 0.15) is 0 Å². The number of rotatable bonds is 11. The molecule has 1 unspecified atom stereocenters. The van der Waals surface area contributed by atoms with Crippen LogP contribution < -0.4 is 10.6 Å². The Balaban J connectivity index is 2.82. The summed E-state index contributed by atoms with van der Waals surface area (Å²) in [6.45, 7) is 13.7. The Morgan fingerprint density at radius 1 is 0.972 bits per heavy atom. The van der Waals surface area contributed by atoms with E-state index in [0.717, 1.165) is 0 Å². The Hall–Kier alpha value is -3.39. The first-order valence-corrected chi connectivity index (χ1v) is 12.4. The van der Waals surface area contributed by atoms with Crippen molar-refractivity contribution >= 4 is 24.0 Å². The molecular weight excluding hydrogens is 460 g/mol. The van der Waals surface area contributed by atoms with Crippen LogP contribution in [0.4, 0.5) is 0 Å².